The van der Waals surface area contributed by atoms with Crippen molar-refractivity contribution < 1.29 is 27.5 Å². The predicted molar refractivity (Wildman–Crippen MR) is 137 cm³/mol. The summed E-state index contributed by atoms with van der Waals surface area (Å²) in [5.41, 5.74) is -1.27. The van der Waals surface area contributed by atoms with Crippen LogP contribution in [-0.4, -0.2) is 32.9 Å². The van der Waals surface area contributed by atoms with Gasteiger partial charge in [0.05, 0.1) is 11.6 Å². The van der Waals surface area contributed by atoms with Gasteiger partial charge in [-0.15, -0.1) is 0 Å². The Labute approximate surface area is 227 Å². The maximum atomic E-state index is 14.2. The second kappa shape index (κ2) is 8.71. The number of nitrogens with zero attached hydrogens (tertiary/aromatic N) is 2. The molecule has 3 heterocycles. The molecule has 206 valence electrons. The molecule has 1 N–H and O–H groups in total. The number of ether oxygens (including phenoxy) is 1. The number of pyridine rings is 1. The summed E-state index contributed by atoms with van der Waals surface area (Å²) >= 11 is 0. The van der Waals surface area contributed by atoms with Crippen molar-refractivity contribution in [1.82, 2.24) is 14.8 Å². The largest absolute Gasteiger partial charge is 0.483 e. The van der Waals surface area contributed by atoms with Gasteiger partial charge in [-0.05, 0) is 44.1 Å². The molecular formula is C30H26F3N3O4. The van der Waals surface area contributed by atoms with E-state index in [4.69, 9.17) is 4.74 Å². The molecule has 2 bridgehead atoms. The number of halogens is 3. The van der Waals surface area contributed by atoms with Crippen LogP contribution in [0, 0.1) is 17.5 Å². The average molecular weight is 550 g/mol. The first kappa shape index (κ1) is 24.9. The maximum Gasteiger partial charge on any atom is 0.275 e. The van der Waals surface area contributed by atoms with E-state index < -0.39 is 46.4 Å². The Hall–Kier alpha value is -4.08. The molecule has 40 heavy (non-hydrogen) atoms. The molecule has 1 aromatic heterocycles. The van der Waals surface area contributed by atoms with Crippen LogP contribution in [0.3, 0.4) is 0 Å². The molecule has 1 saturated heterocycles. The van der Waals surface area contributed by atoms with E-state index in [-0.39, 0.29) is 41.1 Å². The van der Waals surface area contributed by atoms with Gasteiger partial charge < -0.3 is 19.5 Å². The van der Waals surface area contributed by atoms with Crippen LogP contribution in [0.2, 0.25) is 0 Å². The van der Waals surface area contributed by atoms with Gasteiger partial charge in [-0.3, -0.25) is 14.4 Å². The van der Waals surface area contributed by atoms with E-state index in [1.807, 2.05) is 35.2 Å². The van der Waals surface area contributed by atoms with Gasteiger partial charge >= 0.3 is 0 Å². The lowest BCUT2D eigenvalue weighted by Crippen LogP contribution is -2.51. The number of nitrogens with one attached hydrogen (secondary N) is 1. The highest BCUT2D eigenvalue weighted by atomic mass is 19.1. The summed E-state index contributed by atoms with van der Waals surface area (Å²) in [4.78, 5) is 43.1. The Morgan fingerprint density at radius 1 is 1.02 bits per heavy atom. The lowest BCUT2D eigenvalue weighted by atomic mass is 10.0. The van der Waals surface area contributed by atoms with Crippen LogP contribution in [0.1, 0.15) is 70.5 Å². The van der Waals surface area contributed by atoms with E-state index in [1.54, 1.807) is 4.57 Å². The van der Waals surface area contributed by atoms with Crippen LogP contribution in [0.5, 0.6) is 5.75 Å². The number of hydrogen-bond acceptors (Lipinski definition) is 4. The summed E-state index contributed by atoms with van der Waals surface area (Å²) in [6.07, 6.45) is 6.61. The van der Waals surface area contributed by atoms with E-state index in [0.29, 0.717) is 12.1 Å². The number of hydrogen-bond donors (Lipinski definition) is 1. The Bertz CT molecular complexity index is 1610. The summed E-state index contributed by atoms with van der Waals surface area (Å²) in [7, 11) is 0. The van der Waals surface area contributed by atoms with Crippen molar-refractivity contribution in [2.24, 2.45) is 0 Å². The lowest BCUT2D eigenvalue weighted by Gasteiger charge is -2.38. The standard InChI is InChI=1S/C30H26F3N3O4/c31-18-11-21(32)19(22(33)12-18)14-34-27(38)20-15-35-24(26(25(20)37)40-16-17-5-2-1-3-6-17)28(39)36-23-13-30(23,35)8-4-7-29(36)9-10-29/h1-3,5-6,11-12,15,23H,4,7-10,13-14,16H2,(H,34,38)/t23?,30-/m1/s1. The van der Waals surface area contributed by atoms with Gasteiger partial charge in [-0.2, -0.15) is 0 Å². The molecule has 1 spiro atoms. The Morgan fingerprint density at radius 3 is 2.45 bits per heavy atom. The van der Waals surface area contributed by atoms with E-state index in [2.05, 4.69) is 5.32 Å². The van der Waals surface area contributed by atoms with Crippen molar-refractivity contribution in [1.29, 1.82) is 0 Å². The van der Waals surface area contributed by atoms with Crippen molar-refractivity contribution >= 4 is 11.8 Å². The highest BCUT2D eigenvalue weighted by Crippen LogP contribution is 2.64. The summed E-state index contributed by atoms with van der Waals surface area (Å²) < 4.78 is 49.5. The van der Waals surface area contributed by atoms with Crippen molar-refractivity contribution in [2.75, 3.05) is 0 Å². The molecule has 2 aliphatic carbocycles. The Morgan fingerprint density at radius 2 is 1.75 bits per heavy atom. The smallest absolute Gasteiger partial charge is 0.275 e. The summed E-state index contributed by atoms with van der Waals surface area (Å²) in [6, 6.07) is 10.2. The SMILES string of the molecule is O=C(NCc1c(F)cc(F)cc1F)c1cn2c(c(OCc3ccccc3)c1=O)C(=O)N1C3C[C@]32CCCC12CC2. The zero-order chi connectivity index (χ0) is 27.8. The number of carbonyl (C=O) groups is 2. The van der Waals surface area contributed by atoms with E-state index in [0.717, 1.165) is 44.1 Å². The Balaban J connectivity index is 1.30. The van der Waals surface area contributed by atoms with Crippen LogP contribution < -0.4 is 15.5 Å². The zero-order valence-electron chi connectivity index (χ0n) is 21.5. The molecule has 1 unspecified atom stereocenters. The lowest BCUT2D eigenvalue weighted by molar-refractivity contribution is 0.0537. The third-order valence-corrected chi connectivity index (χ3v) is 8.98. The van der Waals surface area contributed by atoms with Crippen molar-refractivity contribution in [2.45, 2.75) is 68.8 Å². The molecule has 2 saturated carbocycles. The Kier molecular flexibility index (Phi) is 5.43. The van der Waals surface area contributed by atoms with E-state index in [9.17, 15) is 27.6 Å². The van der Waals surface area contributed by atoms with Gasteiger partial charge in [0.15, 0.2) is 11.4 Å². The first-order chi connectivity index (χ1) is 19.2. The quantitative estimate of drug-likeness (QED) is 0.494. The molecule has 0 radical (unpaired) electrons. The highest BCUT2D eigenvalue weighted by Gasteiger charge is 2.70. The number of fused-ring (bicyclic) bond motifs is 2. The van der Waals surface area contributed by atoms with Gasteiger partial charge in [0.25, 0.3) is 11.8 Å². The minimum absolute atomic E-state index is 0.00893. The molecule has 10 heteroatoms. The fourth-order valence-corrected chi connectivity index (χ4v) is 6.71. The molecule has 2 aliphatic heterocycles. The second-order valence-corrected chi connectivity index (χ2v) is 11.3. The number of carbonyl (C=O) groups excluding carboxylic acids is 2. The monoisotopic (exact) mass is 549 g/mol. The zero-order valence-corrected chi connectivity index (χ0v) is 21.5. The fraction of sp³-hybridized carbons (Fsp3) is 0.367. The van der Waals surface area contributed by atoms with Crippen LogP contribution in [-0.2, 0) is 18.7 Å². The van der Waals surface area contributed by atoms with Crippen LogP contribution >= 0.6 is 0 Å². The molecule has 7 rings (SSSR count). The number of aromatic nitrogens is 1. The molecule has 4 aliphatic rings. The van der Waals surface area contributed by atoms with E-state index >= 15 is 0 Å². The van der Waals surface area contributed by atoms with Crippen LogP contribution in [0.15, 0.2) is 53.5 Å². The van der Waals surface area contributed by atoms with Crippen LogP contribution in [0.25, 0.3) is 0 Å². The van der Waals surface area contributed by atoms with Gasteiger partial charge in [-0.1, -0.05) is 30.3 Å². The summed E-state index contributed by atoms with van der Waals surface area (Å²) in [6.45, 7) is -0.587. The van der Waals surface area contributed by atoms with Gasteiger partial charge in [0.2, 0.25) is 5.43 Å². The second-order valence-electron chi connectivity index (χ2n) is 11.3. The first-order valence-electron chi connectivity index (χ1n) is 13.5. The van der Waals surface area contributed by atoms with Crippen molar-refractivity contribution in [3.05, 3.63) is 98.7 Å². The first-order valence-corrected chi connectivity index (χ1v) is 13.5. The van der Waals surface area contributed by atoms with E-state index in [1.165, 1.54) is 6.20 Å². The van der Waals surface area contributed by atoms with Gasteiger partial charge in [0.1, 0.15) is 29.6 Å². The number of rotatable bonds is 6. The maximum absolute atomic E-state index is 14.2. The molecule has 3 fully saturated rings. The molecule has 2 amide bonds. The molecule has 2 aromatic carbocycles. The predicted octanol–water partition coefficient (Wildman–Crippen LogP) is 4.41. The average Bonchev–Trinajstić information content (AvgIpc) is 3.84. The normalized spacial score (nSPS) is 23.2. The molecular weight excluding hydrogens is 523 g/mol. The molecule has 7 nitrogen and oxygen atoms in total. The highest BCUT2D eigenvalue weighted by molar-refractivity contribution is 6.00. The minimum Gasteiger partial charge on any atom is -0.483 e. The number of amides is 2. The topological polar surface area (TPSA) is 80.6 Å². The summed E-state index contributed by atoms with van der Waals surface area (Å²) in [5, 5.41) is 2.39. The van der Waals surface area contributed by atoms with Gasteiger partial charge in [0, 0.05) is 36.0 Å². The van der Waals surface area contributed by atoms with Gasteiger partial charge in [-0.25, -0.2) is 13.2 Å². The van der Waals surface area contributed by atoms with Crippen molar-refractivity contribution in [3.8, 4) is 5.75 Å². The van der Waals surface area contributed by atoms with Crippen molar-refractivity contribution in [3.63, 3.8) is 0 Å². The summed E-state index contributed by atoms with van der Waals surface area (Å²) in [5.74, 6) is -4.71. The molecule has 2 atom stereocenters. The minimum atomic E-state index is -1.15. The van der Waals surface area contributed by atoms with Crippen LogP contribution in [0.4, 0.5) is 13.2 Å². The third kappa shape index (κ3) is 3.68. The molecule has 3 aromatic rings. The fourth-order valence-electron chi connectivity index (χ4n) is 6.71. The number of benzene rings is 2. The third-order valence-electron chi connectivity index (χ3n) is 8.98.